The number of likely N-dealkylation sites (N-methyl/N-ethyl adjacent to an activating group) is 1. The van der Waals surface area contributed by atoms with E-state index < -0.39 is 0 Å². The molecule has 1 aliphatic rings. The second kappa shape index (κ2) is 13.5. The first-order valence-electron chi connectivity index (χ1n) is 11.3. The number of halogens is 1. The van der Waals surface area contributed by atoms with Crippen molar-refractivity contribution in [2.75, 3.05) is 30.4 Å². The number of benzene rings is 1. The lowest BCUT2D eigenvalue weighted by molar-refractivity contribution is -0.0980. The number of hydrogen-bond donors (Lipinski definition) is 2. The zero-order valence-corrected chi connectivity index (χ0v) is 21.0. The number of anilines is 2. The summed E-state index contributed by atoms with van der Waals surface area (Å²) in [6.07, 6.45) is 6.13. The maximum atomic E-state index is 14.6. The Morgan fingerprint density at radius 1 is 1.28 bits per heavy atom. The predicted octanol–water partition coefficient (Wildman–Crippen LogP) is 5.23. The van der Waals surface area contributed by atoms with Gasteiger partial charge in [-0.15, -0.1) is 12.3 Å². The Labute approximate surface area is 214 Å². The molecule has 0 aliphatic carbocycles. The van der Waals surface area contributed by atoms with Crippen molar-refractivity contribution >= 4 is 24.2 Å². The minimum absolute atomic E-state index is 0. The van der Waals surface area contributed by atoms with Crippen molar-refractivity contribution in [2.24, 2.45) is 7.05 Å². The van der Waals surface area contributed by atoms with Crippen LogP contribution in [0.4, 0.5) is 15.9 Å². The van der Waals surface area contributed by atoms with Crippen molar-refractivity contribution in [3.05, 3.63) is 96.4 Å². The number of aryl methyl sites for hydroxylation is 1. The number of nitrogens with zero attached hydrogens (tertiary/aromatic N) is 3. The topological polar surface area (TPSA) is 79.3 Å². The van der Waals surface area contributed by atoms with Gasteiger partial charge in [-0.2, -0.15) is 0 Å². The summed E-state index contributed by atoms with van der Waals surface area (Å²) in [5, 5.41) is 5.97. The van der Waals surface area contributed by atoms with Crippen LogP contribution in [0.1, 0.15) is 25.7 Å². The van der Waals surface area contributed by atoms with E-state index in [9.17, 15) is 9.18 Å². The van der Waals surface area contributed by atoms with Gasteiger partial charge in [0.2, 0.25) is 0 Å². The molecule has 2 N–H and O–H groups in total. The van der Waals surface area contributed by atoms with Gasteiger partial charge in [0.25, 0.3) is 5.91 Å². The number of nitrogens with one attached hydrogen (secondary N) is 2. The number of hydrogen-bond acceptors (Lipinski definition) is 5. The van der Waals surface area contributed by atoms with Crippen LogP contribution in [0.25, 0.3) is 11.3 Å². The highest BCUT2D eigenvalue weighted by Gasteiger charge is 2.21. The standard InChI is InChI=1S/C24H24FN5O.C3H6.CH2O.2H2/c1-4-19(14-26-24(31)17-8-10-29(2)15-17)27-22-7-5-6-21(28-22)18-12-16-9-11-30(3)23(16)20(25)13-18;1-3-2;1-2;;/h5-8,10,12-13,15H,1,9,11,14H2,2-3H3,(H,26,31)(H,27,28);3H,1H2,2H3;1H2;2*1H. The van der Waals surface area contributed by atoms with Gasteiger partial charge in [-0.25, -0.2) is 9.37 Å². The summed E-state index contributed by atoms with van der Waals surface area (Å²) in [6.45, 7) is 12.0. The molecule has 1 aliphatic heterocycles. The predicted molar refractivity (Wildman–Crippen MR) is 148 cm³/mol. The Bertz CT molecular complexity index is 1270. The maximum absolute atomic E-state index is 14.6. The SMILES string of the molecule is C=C=C(CNC(=O)c1ccn(C)c1)Nc1cccc(-c2cc(F)c3c(c2)CCN3C)n1.C=CC.C=O.[HH].[HH]. The Hall–Kier alpha value is -4.42. The molecule has 0 saturated carbocycles. The lowest BCUT2D eigenvalue weighted by Gasteiger charge is -2.14. The largest absolute Gasteiger partial charge is 0.372 e. The number of fused-ring (bicyclic) bond motifs is 1. The van der Waals surface area contributed by atoms with E-state index in [2.05, 4.69) is 34.5 Å². The molecular weight excluding hydrogens is 457 g/mol. The van der Waals surface area contributed by atoms with E-state index in [0.29, 0.717) is 28.5 Å². The van der Waals surface area contributed by atoms with Crippen molar-refractivity contribution in [1.82, 2.24) is 14.9 Å². The number of rotatable bonds is 6. The molecule has 3 aromatic rings. The smallest absolute Gasteiger partial charge is 0.253 e. The highest BCUT2D eigenvalue weighted by Crippen LogP contribution is 2.34. The Kier molecular flexibility index (Phi) is 10.4. The summed E-state index contributed by atoms with van der Waals surface area (Å²) in [5.74, 6) is 0.147. The van der Waals surface area contributed by atoms with E-state index in [4.69, 9.17) is 4.79 Å². The molecule has 36 heavy (non-hydrogen) atoms. The summed E-state index contributed by atoms with van der Waals surface area (Å²) in [6, 6.07) is 10.8. The highest BCUT2D eigenvalue weighted by molar-refractivity contribution is 5.94. The molecule has 0 fully saturated rings. The molecule has 0 unspecified atom stereocenters. The van der Waals surface area contributed by atoms with Gasteiger partial charge in [0.15, 0.2) is 0 Å². The average molecular weight is 494 g/mol. The Balaban J connectivity index is 0.00000183. The third-order valence-corrected chi connectivity index (χ3v) is 5.30. The van der Waals surface area contributed by atoms with Gasteiger partial charge in [-0.1, -0.05) is 18.7 Å². The van der Waals surface area contributed by atoms with Crippen LogP contribution >= 0.6 is 0 Å². The fourth-order valence-corrected chi connectivity index (χ4v) is 3.70. The summed E-state index contributed by atoms with van der Waals surface area (Å²) in [4.78, 5) is 26.8. The second-order valence-electron chi connectivity index (χ2n) is 7.98. The van der Waals surface area contributed by atoms with Crippen LogP contribution < -0.4 is 15.5 Å². The van der Waals surface area contributed by atoms with Crippen molar-refractivity contribution in [3.8, 4) is 11.3 Å². The van der Waals surface area contributed by atoms with E-state index in [0.717, 1.165) is 24.1 Å². The molecule has 192 valence electrons. The third kappa shape index (κ3) is 7.04. The highest BCUT2D eigenvalue weighted by atomic mass is 19.1. The van der Waals surface area contributed by atoms with Crippen molar-refractivity contribution in [1.29, 1.82) is 0 Å². The van der Waals surface area contributed by atoms with Crippen molar-refractivity contribution < 1.29 is 16.8 Å². The van der Waals surface area contributed by atoms with Gasteiger partial charge in [-0.3, -0.25) is 4.79 Å². The van der Waals surface area contributed by atoms with E-state index in [1.165, 1.54) is 6.07 Å². The molecule has 0 spiro atoms. The van der Waals surface area contributed by atoms with Crippen molar-refractivity contribution in [3.63, 3.8) is 0 Å². The quantitative estimate of drug-likeness (QED) is 0.363. The first-order chi connectivity index (χ1) is 17.4. The minimum Gasteiger partial charge on any atom is -0.372 e. The molecule has 2 aromatic heterocycles. The van der Waals surface area contributed by atoms with E-state index >= 15 is 0 Å². The fraction of sp³-hybridized carbons (Fsp3) is 0.214. The fourth-order valence-electron chi connectivity index (χ4n) is 3.70. The average Bonchev–Trinajstić information content (AvgIpc) is 3.49. The molecular formula is C28H36FN5O2. The lowest BCUT2D eigenvalue weighted by atomic mass is 10.0. The summed E-state index contributed by atoms with van der Waals surface area (Å²) < 4.78 is 16.4. The molecule has 0 bridgehead atoms. The second-order valence-corrected chi connectivity index (χ2v) is 7.98. The van der Waals surface area contributed by atoms with Gasteiger partial charge >= 0.3 is 0 Å². The van der Waals surface area contributed by atoms with Crippen LogP contribution in [0, 0.1) is 5.82 Å². The van der Waals surface area contributed by atoms with Gasteiger partial charge in [0.05, 0.1) is 29.2 Å². The Morgan fingerprint density at radius 2 is 2.00 bits per heavy atom. The van der Waals surface area contributed by atoms with E-state index in [1.54, 1.807) is 24.4 Å². The van der Waals surface area contributed by atoms with E-state index in [1.807, 2.05) is 61.7 Å². The van der Waals surface area contributed by atoms with Crippen LogP contribution in [-0.2, 0) is 18.3 Å². The van der Waals surface area contributed by atoms with Gasteiger partial charge in [-0.05, 0) is 49.2 Å². The van der Waals surface area contributed by atoms with Crippen LogP contribution in [0.15, 0.2) is 79.5 Å². The third-order valence-electron chi connectivity index (χ3n) is 5.30. The molecule has 0 atom stereocenters. The van der Waals surface area contributed by atoms with Gasteiger partial charge < -0.3 is 24.9 Å². The number of pyridine rings is 1. The van der Waals surface area contributed by atoms with Crippen LogP contribution in [-0.4, -0.2) is 42.4 Å². The Morgan fingerprint density at radius 3 is 2.64 bits per heavy atom. The lowest BCUT2D eigenvalue weighted by Crippen LogP contribution is -2.27. The number of aromatic nitrogens is 2. The summed E-state index contributed by atoms with van der Waals surface area (Å²) in [7, 11) is 3.76. The molecule has 0 saturated heterocycles. The first kappa shape index (κ1) is 27.8. The zero-order valence-electron chi connectivity index (χ0n) is 21.0. The molecule has 7 nitrogen and oxygen atoms in total. The molecule has 1 aromatic carbocycles. The molecule has 3 heterocycles. The van der Waals surface area contributed by atoms with Gasteiger partial charge in [0, 0.05) is 41.5 Å². The maximum Gasteiger partial charge on any atom is 0.253 e. The number of amides is 1. The minimum atomic E-state index is -0.233. The molecule has 0 radical (unpaired) electrons. The summed E-state index contributed by atoms with van der Waals surface area (Å²) in [5.41, 5.74) is 7.02. The number of carbonyl (C=O) groups excluding carboxylic acids is 2. The molecule has 8 heteroatoms. The van der Waals surface area contributed by atoms with Crippen LogP contribution in [0.2, 0.25) is 0 Å². The van der Waals surface area contributed by atoms with Crippen molar-refractivity contribution in [2.45, 2.75) is 13.3 Å². The van der Waals surface area contributed by atoms with E-state index in [-0.39, 0.29) is 21.1 Å². The normalized spacial score (nSPS) is 11.1. The first-order valence-corrected chi connectivity index (χ1v) is 11.3. The zero-order chi connectivity index (χ0) is 26.7. The number of allylic oxidation sites excluding steroid dienone is 1. The van der Waals surface area contributed by atoms with Crippen LogP contribution in [0.3, 0.4) is 0 Å². The molecule has 1 amide bonds. The number of carbonyl (C=O) groups is 2. The molecule has 4 rings (SSSR count). The monoisotopic (exact) mass is 493 g/mol. The van der Waals surface area contributed by atoms with Gasteiger partial charge in [0.1, 0.15) is 18.4 Å². The summed E-state index contributed by atoms with van der Waals surface area (Å²) >= 11 is 0. The van der Waals surface area contributed by atoms with Crippen LogP contribution in [0.5, 0.6) is 0 Å².